The van der Waals surface area contributed by atoms with Crippen LogP contribution in [0.15, 0.2) is 12.2 Å². The second-order valence-corrected chi connectivity index (χ2v) is 11.2. The molecule has 0 heteroatoms. The highest BCUT2D eigenvalue weighted by molar-refractivity contribution is 4.91. The topological polar surface area (TPSA) is 0 Å². The molecule has 0 aromatic rings. The molecule has 0 aromatic carbocycles. The van der Waals surface area contributed by atoms with Gasteiger partial charge in [0.2, 0.25) is 0 Å². The van der Waals surface area contributed by atoms with Crippen molar-refractivity contribution in [2.24, 2.45) is 47.3 Å². The summed E-state index contributed by atoms with van der Waals surface area (Å²) in [6.07, 6.45) is 28.0. The van der Waals surface area contributed by atoms with Crippen molar-refractivity contribution >= 4 is 0 Å². The van der Waals surface area contributed by atoms with E-state index in [9.17, 15) is 0 Å². The van der Waals surface area contributed by atoms with E-state index < -0.39 is 0 Å². The molecule has 0 aliphatic heterocycles. The maximum atomic E-state index is 2.47. The van der Waals surface area contributed by atoms with Crippen LogP contribution in [-0.4, -0.2) is 0 Å². The molecule has 0 saturated heterocycles. The lowest BCUT2D eigenvalue weighted by atomic mass is 9.65. The zero-order valence-corrected chi connectivity index (χ0v) is 18.4. The summed E-state index contributed by atoms with van der Waals surface area (Å²) in [7, 11) is 0. The van der Waals surface area contributed by atoms with Crippen LogP contribution in [0.25, 0.3) is 0 Å². The summed E-state index contributed by atoms with van der Waals surface area (Å²) in [5.74, 6) is 8.55. The van der Waals surface area contributed by atoms with E-state index in [-0.39, 0.29) is 0 Å². The number of hydrogen-bond acceptors (Lipinski definition) is 0. The van der Waals surface area contributed by atoms with Crippen molar-refractivity contribution in [1.29, 1.82) is 0 Å². The largest absolute Gasteiger partial charge is 0.0914 e. The van der Waals surface area contributed by atoms with Crippen LogP contribution in [0.4, 0.5) is 0 Å². The number of allylic oxidation sites excluding steroid dienone is 2. The van der Waals surface area contributed by atoms with Gasteiger partial charge < -0.3 is 0 Å². The minimum Gasteiger partial charge on any atom is -0.0914 e. The predicted molar refractivity (Wildman–Crippen MR) is 118 cm³/mol. The molecule has 154 valence electrons. The fraction of sp³-hybridized carbons (Fsp3) is 0.926. The van der Waals surface area contributed by atoms with Crippen LogP contribution in [0.3, 0.4) is 0 Å². The van der Waals surface area contributed by atoms with Crippen molar-refractivity contribution in [1.82, 2.24) is 0 Å². The molecule has 0 nitrogen and oxygen atoms in total. The molecule has 0 N–H and O–H groups in total. The Bertz CT molecular complexity index is 452. The highest BCUT2D eigenvalue weighted by Crippen LogP contribution is 2.47. The zero-order valence-electron chi connectivity index (χ0n) is 18.4. The summed E-state index contributed by atoms with van der Waals surface area (Å²) < 4.78 is 0. The van der Waals surface area contributed by atoms with E-state index in [2.05, 4.69) is 26.0 Å². The van der Waals surface area contributed by atoms with Gasteiger partial charge in [-0.25, -0.2) is 0 Å². The fourth-order valence-electron chi connectivity index (χ4n) is 7.37. The van der Waals surface area contributed by atoms with Crippen molar-refractivity contribution in [2.75, 3.05) is 0 Å². The van der Waals surface area contributed by atoms with Gasteiger partial charge >= 0.3 is 0 Å². The Balaban J connectivity index is 1.13. The van der Waals surface area contributed by atoms with E-state index in [4.69, 9.17) is 0 Å². The molecular formula is C27H46. The Morgan fingerprint density at radius 2 is 1.07 bits per heavy atom. The third-order valence-electron chi connectivity index (χ3n) is 9.54. The number of rotatable bonds is 6. The second kappa shape index (κ2) is 9.49. The lowest BCUT2D eigenvalue weighted by molar-refractivity contribution is 0.107. The summed E-state index contributed by atoms with van der Waals surface area (Å²) in [5.41, 5.74) is 0. The first-order valence-corrected chi connectivity index (χ1v) is 12.9. The van der Waals surface area contributed by atoms with Crippen molar-refractivity contribution in [3.05, 3.63) is 12.2 Å². The predicted octanol–water partition coefficient (Wildman–Crippen LogP) is 8.42. The Hall–Kier alpha value is -0.260. The van der Waals surface area contributed by atoms with Crippen LogP contribution in [0.5, 0.6) is 0 Å². The summed E-state index contributed by atoms with van der Waals surface area (Å²) >= 11 is 0. The molecule has 0 amide bonds. The molecule has 0 spiro atoms. The van der Waals surface area contributed by atoms with Gasteiger partial charge in [0, 0.05) is 0 Å². The summed E-state index contributed by atoms with van der Waals surface area (Å²) in [4.78, 5) is 0. The molecule has 0 aromatic heterocycles. The Labute approximate surface area is 170 Å². The van der Waals surface area contributed by atoms with Crippen LogP contribution < -0.4 is 0 Å². The highest BCUT2D eigenvalue weighted by Gasteiger charge is 2.36. The summed E-state index contributed by atoms with van der Waals surface area (Å²) in [6, 6.07) is 0. The van der Waals surface area contributed by atoms with Gasteiger partial charge in [-0.1, -0.05) is 38.3 Å². The molecule has 27 heavy (non-hydrogen) atoms. The Morgan fingerprint density at radius 3 is 1.52 bits per heavy atom. The lowest BCUT2D eigenvalue weighted by Gasteiger charge is -2.41. The van der Waals surface area contributed by atoms with E-state index in [1.54, 1.807) is 64.2 Å². The molecule has 4 saturated carbocycles. The molecule has 2 atom stereocenters. The van der Waals surface area contributed by atoms with E-state index in [1.807, 2.05) is 0 Å². The van der Waals surface area contributed by atoms with Crippen LogP contribution in [0.1, 0.15) is 110 Å². The van der Waals surface area contributed by atoms with Crippen molar-refractivity contribution < 1.29 is 0 Å². The van der Waals surface area contributed by atoms with E-state index >= 15 is 0 Å². The first-order chi connectivity index (χ1) is 13.2. The number of hydrogen-bond donors (Lipinski definition) is 0. The van der Waals surface area contributed by atoms with Crippen molar-refractivity contribution in [2.45, 2.75) is 110 Å². The molecule has 4 aliphatic carbocycles. The minimum absolute atomic E-state index is 0.904. The average molecular weight is 371 g/mol. The maximum absolute atomic E-state index is 2.47. The van der Waals surface area contributed by atoms with Gasteiger partial charge in [0.1, 0.15) is 0 Å². The quantitative estimate of drug-likeness (QED) is 0.411. The molecule has 4 fully saturated rings. The van der Waals surface area contributed by atoms with E-state index in [0.29, 0.717) is 0 Å². The van der Waals surface area contributed by atoms with Gasteiger partial charge in [-0.15, -0.1) is 0 Å². The smallest absolute Gasteiger partial charge is 0.0233 e. The zero-order chi connectivity index (χ0) is 18.6. The first-order valence-electron chi connectivity index (χ1n) is 12.9. The molecule has 4 aliphatic rings. The van der Waals surface area contributed by atoms with Gasteiger partial charge in [0.15, 0.2) is 0 Å². The Morgan fingerprint density at radius 1 is 0.630 bits per heavy atom. The van der Waals surface area contributed by atoms with Crippen LogP contribution in [0.2, 0.25) is 0 Å². The SMILES string of the molecule is C/C=C/C1CCC(C2CCC(C3CCC(CCC4CC4C)CC3)CC2)CC1. The monoisotopic (exact) mass is 370 g/mol. The van der Waals surface area contributed by atoms with Crippen molar-refractivity contribution in [3.8, 4) is 0 Å². The van der Waals surface area contributed by atoms with E-state index in [1.165, 1.54) is 32.1 Å². The third kappa shape index (κ3) is 5.42. The Kier molecular flexibility index (Phi) is 7.04. The highest BCUT2D eigenvalue weighted by atomic mass is 14.4. The first kappa shape index (κ1) is 20.0. The molecule has 0 bridgehead atoms. The molecule has 0 heterocycles. The third-order valence-corrected chi connectivity index (χ3v) is 9.54. The van der Waals surface area contributed by atoms with Gasteiger partial charge in [-0.3, -0.25) is 0 Å². The fourth-order valence-corrected chi connectivity index (χ4v) is 7.37. The lowest BCUT2D eigenvalue weighted by Crippen LogP contribution is -2.29. The normalized spacial score (nSPS) is 45.9. The summed E-state index contributed by atoms with van der Waals surface area (Å²) in [6.45, 7) is 4.64. The molecule has 0 radical (unpaired) electrons. The molecule has 4 rings (SSSR count). The van der Waals surface area contributed by atoms with Crippen LogP contribution in [-0.2, 0) is 0 Å². The van der Waals surface area contributed by atoms with E-state index in [0.717, 1.165) is 47.3 Å². The second-order valence-electron chi connectivity index (χ2n) is 11.2. The van der Waals surface area contributed by atoms with Gasteiger partial charge in [0.05, 0.1) is 0 Å². The van der Waals surface area contributed by atoms with Crippen LogP contribution >= 0.6 is 0 Å². The average Bonchev–Trinajstić information content (AvgIpc) is 3.43. The molecule has 2 unspecified atom stereocenters. The molecular weight excluding hydrogens is 324 g/mol. The summed E-state index contributed by atoms with van der Waals surface area (Å²) in [5, 5.41) is 0. The van der Waals surface area contributed by atoms with Gasteiger partial charge in [-0.2, -0.15) is 0 Å². The minimum atomic E-state index is 0.904. The van der Waals surface area contributed by atoms with Gasteiger partial charge in [0.25, 0.3) is 0 Å². The maximum Gasteiger partial charge on any atom is -0.0233 e. The standard InChI is InChI=1S/C27H46/c1-3-4-21-5-10-23(11-6-21)25-15-17-26(18-16-25)24-12-7-22(8-13-24)9-14-27-19-20(27)2/h3-4,20-27H,5-19H2,1-2H3/b4-3+. The van der Waals surface area contributed by atoms with Gasteiger partial charge in [-0.05, 0) is 131 Å². The van der Waals surface area contributed by atoms with Crippen LogP contribution in [0, 0.1) is 47.3 Å². The van der Waals surface area contributed by atoms with Crippen molar-refractivity contribution in [3.63, 3.8) is 0 Å².